The molecule has 0 spiro atoms. The fourth-order valence-electron chi connectivity index (χ4n) is 2.02. The molecule has 0 bridgehead atoms. The van der Waals surface area contributed by atoms with Gasteiger partial charge in [-0.1, -0.05) is 6.07 Å². The van der Waals surface area contributed by atoms with Crippen molar-refractivity contribution in [3.05, 3.63) is 29.6 Å². The molecular formula is C13H17FN2O3. The molecule has 19 heavy (non-hydrogen) atoms. The molecule has 0 aliphatic carbocycles. The summed E-state index contributed by atoms with van der Waals surface area (Å²) in [6.07, 6.45) is -0.0294. The van der Waals surface area contributed by atoms with Crippen LogP contribution in [0.15, 0.2) is 18.2 Å². The number of ether oxygens (including phenoxy) is 2. The summed E-state index contributed by atoms with van der Waals surface area (Å²) in [4.78, 5) is 11.2. The third kappa shape index (κ3) is 3.42. The van der Waals surface area contributed by atoms with Crippen LogP contribution < -0.4 is 15.8 Å². The number of morpholine rings is 1. The Balaban J connectivity index is 2.03. The van der Waals surface area contributed by atoms with E-state index in [1.54, 1.807) is 0 Å². The summed E-state index contributed by atoms with van der Waals surface area (Å²) < 4.78 is 24.6. The number of rotatable bonds is 4. The Morgan fingerprint density at radius 1 is 1.58 bits per heavy atom. The third-order valence-electron chi connectivity index (χ3n) is 2.88. The quantitative estimate of drug-likeness (QED) is 0.842. The summed E-state index contributed by atoms with van der Waals surface area (Å²) in [5, 5.41) is 3.20. The SMILES string of the molecule is CC1CNCC(COc2cccc(F)c2C(N)=O)O1. The van der Waals surface area contributed by atoms with Crippen LogP contribution in [0, 0.1) is 5.82 Å². The first-order valence-corrected chi connectivity index (χ1v) is 6.15. The maximum Gasteiger partial charge on any atom is 0.255 e. The van der Waals surface area contributed by atoms with Crippen molar-refractivity contribution in [2.45, 2.75) is 19.1 Å². The number of nitrogens with two attached hydrogens (primary N) is 1. The number of amides is 1. The fourth-order valence-corrected chi connectivity index (χ4v) is 2.02. The van der Waals surface area contributed by atoms with Gasteiger partial charge in [-0.15, -0.1) is 0 Å². The molecule has 1 fully saturated rings. The Labute approximate surface area is 110 Å². The lowest BCUT2D eigenvalue weighted by molar-refractivity contribution is -0.0471. The van der Waals surface area contributed by atoms with Gasteiger partial charge >= 0.3 is 0 Å². The number of primary amides is 1. The first-order valence-electron chi connectivity index (χ1n) is 6.15. The Morgan fingerprint density at radius 2 is 2.37 bits per heavy atom. The minimum atomic E-state index is -0.843. The largest absolute Gasteiger partial charge is 0.490 e. The first kappa shape index (κ1) is 13.8. The molecule has 104 valence electrons. The lowest BCUT2D eigenvalue weighted by Gasteiger charge is -2.28. The smallest absolute Gasteiger partial charge is 0.255 e. The van der Waals surface area contributed by atoms with E-state index in [0.29, 0.717) is 6.54 Å². The molecule has 0 saturated carbocycles. The average Bonchev–Trinajstić information content (AvgIpc) is 2.36. The topological polar surface area (TPSA) is 73.6 Å². The van der Waals surface area contributed by atoms with Crippen LogP contribution in [0.25, 0.3) is 0 Å². The number of benzene rings is 1. The number of hydrogen-bond donors (Lipinski definition) is 2. The third-order valence-corrected chi connectivity index (χ3v) is 2.88. The first-order chi connectivity index (χ1) is 9.08. The maximum absolute atomic E-state index is 13.5. The van der Waals surface area contributed by atoms with Crippen LogP contribution in [-0.4, -0.2) is 37.8 Å². The van der Waals surface area contributed by atoms with Gasteiger partial charge in [0, 0.05) is 13.1 Å². The fraction of sp³-hybridized carbons (Fsp3) is 0.462. The summed E-state index contributed by atoms with van der Waals surface area (Å²) in [5.74, 6) is -1.38. The van der Waals surface area contributed by atoms with Crippen LogP contribution in [0.5, 0.6) is 5.75 Å². The predicted octanol–water partition coefficient (Wildman–Crippen LogP) is 0.680. The number of halogens is 1. The van der Waals surface area contributed by atoms with Gasteiger partial charge in [0.2, 0.25) is 0 Å². The lowest BCUT2D eigenvalue weighted by atomic mass is 10.2. The van der Waals surface area contributed by atoms with Gasteiger partial charge in [-0.3, -0.25) is 4.79 Å². The lowest BCUT2D eigenvalue weighted by Crippen LogP contribution is -2.45. The second-order valence-electron chi connectivity index (χ2n) is 4.52. The molecule has 2 rings (SSSR count). The monoisotopic (exact) mass is 268 g/mol. The summed E-state index contributed by atoms with van der Waals surface area (Å²) in [5.41, 5.74) is 4.92. The van der Waals surface area contributed by atoms with Gasteiger partial charge < -0.3 is 20.5 Å². The van der Waals surface area contributed by atoms with Crippen LogP contribution in [0.4, 0.5) is 4.39 Å². The molecule has 5 nitrogen and oxygen atoms in total. The molecule has 1 aliphatic heterocycles. The molecule has 2 atom stereocenters. The van der Waals surface area contributed by atoms with Gasteiger partial charge in [-0.25, -0.2) is 4.39 Å². The number of carbonyl (C=O) groups is 1. The number of hydrogen-bond acceptors (Lipinski definition) is 4. The molecule has 3 N–H and O–H groups in total. The predicted molar refractivity (Wildman–Crippen MR) is 67.6 cm³/mol. The zero-order valence-electron chi connectivity index (χ0n) is 10.7. The Hall–Kier alpha value is -1.66. The molecule has 0 radical (unpaired) electrons. The van der Waals surface area contributed by atoms with E-state index >= 15 is 0 Å². The van der Waals surface area contributed by atoms with E-state index in [4.69, 9.17) is 15.2 Å². The van der Waals surface area contributed by atoms with E-state index in [2.05, 4.69) is 5.32 Å². The van der Waals surface area contributed by atoms with Crippen molar-refractivity contribution in [3.8, 4) is 5.75 Å². The molecule has 1 heterocycles. The molecule has 1 aliphatic rings. The normalized spacial score (nSPS) is 23.1. The summed E-state index contributed by atoms with van der Waals surface area (Å²) in [6.45, 7) is 3.64. The Morgan fingerprint density at radius 3 is 3.05 bits per heavy atom. The Bertz CT molecular complexity index is 467. The molecule has 2 unspecified atom stereocenters. The molecule has 1 amide bonds. The number of nitrogens with one attached hydrogen (secondary N) is 1. The van der Waals surface area contributed by atoms with Crippen molar-refractivity contribution in [2.24, 2.45) is 5.73 Å². The van der Waals surface area contributed by atoms with E-state index in [9.17, 15) is 9.18 Å². The summed E-state index contributed by atoms with van der Waals surface area (Å²) in [6, 6.07) is 4.16. The average molecular weight is 268 g/mol. The highest BCUT2D eigenvalue weighted by molar-refractivity contribution is 5.95. The van der Waals surface area contributed by atoms with Gasteiger partial charge in [0.25, 0.3) is 5.91 Å². The second kappa shape index (κ2) is 5.99. The summed E-state index contributed by atoms with van der Waals surface area (Å²) >= 11 is 0. The molecule has 1 saturated heterocycles. The van der Waals surface area contributed by atoms with Gasteiger partial charge in [-0.2, -0.15) is 0 Å². The van der Waals surface area contributed by atoms with E-state index in [-0.39, 0.29) is 30.1 Å². The molecule has 1 aromatic carbocycles. The van der Waals surface area contributed by atoms with Crippen molar-refractivity contribution in [1.82, 2.24) is 5.32 Å². The molecule has 1 aromatic rings. The highest BCUT2D eigenvalue weighted by Crippen LogP contribution is 2.21. The zero-order chi connectivity index (χ0) is 13.8. The van der Waals surface area contributed by atoms with Gasteiger partial charge in [0.15, 0.2) is 0 Å². The van der Waals surface area contributed by atoms with E-state index in [0.717, 1.165) is 6.54 Å². The van der Waals surface area contributed by atoms with Crippen molar-refractivity contribution >= 4 is 5.91 Å². The molecule has 0 aromatic heterocycles. The van der Waals surface area contributed by atoms with Crippen LogP contribution in [0.3, 0.4) is 0 Å². The van der Waals surface area contributed by atoms with Gasteiger partial charge in [-0.05, 0) is 19.1 Å². The molecular weight excluding hydrogens is 251 g/mol. The minimum absolute atomic E-state index is 0.102. The zero-order valence-corrected chi connectivity index (χ0v) is 10.7. The van der Waals surface area contributed by atoms with Crippen LogP contribution >= 0.6 is 0 Å². The summed E-state index contributed by atoms with van der Waals surface area (Å²) in [7, 11) is 0. The number of carbonyl (C=O) groups excluding carboxylic acids is 1. The standard InChI is InChI=1S/C13H17FN2O3/c1-8-5-16-6-9(19-8)7-18-11-4-2-3-10(14)12(11)13(15)17/h2-4,8-9,16H,5-7H2,1H3,(H2,15,17). The second-order valence-corrected chi connectivity index (χ2v) is 4.52. The Kier molecular flexibility index (Phi) is 4.34. The van der Waals surface area contributed by atoms with Crippen molar-refractivity contribution in [1.29, 1.82) is 0 Å². The highest BCUT2D eigenvalue weighted by atomic mass is 19.1. The van der Waals surface area contributed by atoms with E-state index < -0.39 is 11.7 Å². The van der Waals surface area contributed by atoms with Crippen molar-refractivity contribution in [2.75, 3.05) is 19.7 Å². The maximum atomic E-state index is 13.5. The van der Waals surface area contributed by atoms with Crippen LogP contribution in [0.2, 0.25) is 0 Å². The molecule has 6 heteroatoms. The highest BCUT2D eigenvalue weighted by Gasteiger charge is 2.21. The van der Waals surface area contributed by atoms with E-state index in [1.807, 2.05) is 6.92 Å². The van der Waals surface area contributed by atoms with E-state index in [1.165, 1.54) is 18.2 Å². The van der Waals surface area contributed by atoms with Crippen LogP contribution in [-0.2, 0) is 4.74 Å². The van der Waals surface area contributed by atoms with Crippen molar-refractivity contribution < 1.29 is 18.7 Å². The minimum Gasteiger partial charge on any atom is -0.490 e. The van der Waals surface area contributed by atoms with Gasteiger partial charge in [0.1, 0.15) is 29.8 Å². The van der Waals surface area contributed by atoms with Crippen LogP contribution in [0.1, 0.15) is 17.3 Å². The van der Waals surface area contributed by atoms with Gasteiger partial charge in [0.05, 0.1) is 6.10 Å². The van der Waals surface area contributed by atoms with Crippen molar-refractivity contribution in [3.63, 3.8) is 0 Å².